The van der Waals surface area contributed by atoms with E-state index in [-0.39, 0.29) is 24.0 Å². The number of carbonyl (C=O) groups is 4. The van der Waals surface area contributed by atoms with E-state index in [1.54, 1.807) is 11.0 Å². The summed E-state index contributed by atoms with van der Waals surface area (Å²) >= 11 is 0. The number of piperidine rings is 1. The van der Waals surface area contributed by atoms with Gasteiger partial charge in [0.2, 0.25) is 11.8 Å². The maximum Gasteiger partial charge on any atom is 0.254 e. The van der Waals surface area contributed by atoms with Crippen LogP contribution in [0.15, 0.2) is 18.2 Å². The molecule has 3 heterocycles. The van der Waals surface area contributed by atoms with Crippen LogP contribution in [0.3, 0.4) is 0 Å². The van der Waals surface area contributed by atoms with Crippen molar-refractivity contribution >= 4 is 29.2 Å². The number of nitrogens with zero attached hydrogens (tertiary/aromatic N) is 2. The Hall–Kier alpha value is -2.70. The molecule has 0 spiro atoms. The summed E-state index contributed by atoms with van der Waals surface area (Å²) in [5.74, 6) is -0.626. The second-order valence-electron chi connectivity index (χ2n) is 6.45. The number of hydrogen-bond donors (Lipinski definition) is 1. The summed E-state index contributed by atoms with van der Waals surface area (Å²) in [6.07, 6.45) is 1.29. The quantitative estimate of drug-likeness (QED) is 0.765. The first kappa shape index (κ1) is 14.9. The van der Waals surface area contributed by atoms with Gasteiger partial charge in [0.1, 0.15) is 6.04 Å². The van der Waals surface area contributed by atoms with Gasteiger partial charge in [-0.05, 0) is 36.6 Å². The number of amides is 3. The predicted octanol–water partition coefficient (Wildman–Crippen LogP) is -0.121. The standard InChI is InChI=1S/C17H17N3O4/c21-12-8-19(9-12)11-1-2-13-10(7-11)5-6-20(17(13)24)14-3-4-15(22)18-16(14)23/h1-2,7,14H,3-6,8-9H2,(H,18,22,23). The number of Topliss-reactive ketones (excluding diaryl/α,β-unsaturated/α-hetero) is 1. The van der Waals surface area contributed by atoms with Crippen LogP contribution in [0.25, 0.3) is 0 Å². The van der Waals surface area contributed by atoms with Gasteiger partial charge < -0.3 is 9.80 Å². The Morgan fingerprint density at radius 2 is 1.83 bits per heavy atom. The van der Waals surface area contributed by atoms with Gasteiger partial charge in [-0.25, -0.2) is 0 Å². The normalized spacial score (nSPS) is 23.8. The largest absolute Gasteiger partial charge is 0.357 e. The lowest BCUT2D eigenvalue weighted by atomic mass is 9.94. The molecule has 3 aliphatic rings. The van der Waals surface area contributed by atoms with Crippen LogP contribution >= 0.6 is 0 Å². The Morgan fingerprint density at radius 3 is 2.54 bits per heavy atom. The predicted molar refractivity (Wildman–Crippen MR) is 84.6 cm³/mol. The Morgan fingerprint density at radius 1 is 1.04 bits per heavy atom. The van der Waals surface area contributed by atoms with Crippen LogP contribution < -0.4 is 10.2 Å². The van der Waals surface area contributed by atoms with E-state index in [0.717, 1.165) is 11.3 Å². The first-order valence-electron chi connectivity index (χ1n) is 8.07. The molecule has 2 fully saturated rings. The lowest BCUT2D eigenvalue weighted by Crippen LogP contribution is -2.56. The van der Waals surface area contributed by atoms with Crippen LogP contribution in [0.5, 0.6) is 0 Å². The third kappa shape index (κ3) is 2.36. The Labute approximate surface area is 138 Å². The zero-order chi connectivity index (χ0) is 16.8. The number of rotatable bonds is 2. The van der Waals surface area contributed by atoms with Crippen molar-refractivity contribution in [1.82, 2.24) is 10.2 Å². The molecule has 0 bridgehead atoms. The number of imide groups is 1. The third-order valence-corrected chi connectivity index (χ3v) is 4.89. The SMILES string of the molecule is O=C1CN(c2ccc3c(c2)CCN(C2CCC(=O)NC2=O)C3=O)C1. The van der Waals surface area contributed by atoms with E-state index in [4.69, 9.17) is 0 Å². The van der Waals surface area contributed by atoms with Gasteiger partial charge in [-0.3, -0.25) is 24.5 Å². The zero-order valence-electron chi connectivity index (χ0n) is 13.1. The van der Waals surface area contributed by atoms with E-state index >= 15 is 0 Å². The molecule has 2 saturated heterocycles. The van der Waals surface area contributed by atoms with Crippen molar-refractivity contribution in [3.63, 3.8) is 0 Å². The van der Waals surface area contributed by atoms with E-state index in [1.807, 2.05) is 17.0 Å². The van der Waals surface area contributed by atoms with Gasteiger partial charge in [-0.15, -0.1) is 0 Å². The number of nitrogens with one attached hydrogen (secondary N) is 1. The minimum Gasteiger partial charge on any atom is -0.357 e. The lowest BCUT2D eigenvalue weighted by molar-refractivity contribution is -0.137. The molecule has 3 aliphatic heterocycles. The van der Waals surface area contributed by atoms with Crippen LogP contribution in [0.2, 0.25) is 0 Å². The van der Waals surface area contributed by atoms with Gasteiger partial charge in [-0.1, -0.05) is 0 Å². The summed E-state index contributed by atoms with van der Waals surface area (Å²) < 4.78 is 0. The number of benzene rings is 1. The van der Waals surface area contributed by atoms with Gasteiger partial charge in [0.15, 0.2) is 5.78 Å². The number of fused-ring (bicyclic) bond motifs is 1. The average molecular weight is 327 g/mol. The highest BCUT2D eigenvalue weighted by molar-refractivity contribution is 6.05. The minimum absolute atomic E-state index is 0.169. The summed E-state index contributed by atoms with van der Waals surface area (Å²) in [6.45, 7) is 1.31. The number of hydrogen-bond acceptors (Lipinski definition) is 5. The van der Waals surface area contributed by atoms with E-state index in [1.165, 1.54) is 0 Å². The molecule has 124 valence electrons. The molecule has 24 heavy (non-hydrogen) atoms. The summed E-state index contributed by atoms with van der Waals surface area (Å²) in [6, 6.07) is 5.00. The van der Waals surface area contributed by atoms with Crippen molar-refractivity contribution in [3.8, 4) is 0 Å². The zero-order valence-corrected chi connectivity index (χ0v) is 13.1. The second kappa shape index (κ2) is 5.43. The highest BCUT2D eigenvalue weighted by Gasteiger charge is 2.37. The maximum atomic E-state index is 12.8. The Balaban J connectivity index is 1.55. The highest BCUT2D eigenvalue weighted by Crippen LogP contribution is 2.28. The van der Waals surface area contributed by atoms with E-state index in [9.17, 15) is 19.2 Å². The maximum absolute atomic E-state index is 12.8. The van der Waals surface area contributed by atoms with Crippen LogP contribution in [-0.2, 0) is 20.8 Å². The molecule has 0 aliphatic carbocycles. The van der Waals surface area contributed by atoms with E-state index < -0.39 is 11.9 Å². The van der Waals surface area contributed by atoms with Crippen molar-refractivity contribution in [3.05, 3.63) is 29.3 Å². The van der Waals surface area contributed by atoms with Crippen molar-refractivity contribution in [2.75, 3.05) is 24.5 Å². The molecule has 0 saturated carbocycles. The smallest absolute Gasteiger partial charge is 0.254 e. The minimum atomic E-state index is -0.573. The first-order chi connectivity index (χ1) is 11.5. The van der Waals surface area contributed by atoms with Crippen LogP contribution in [0.4, 0.5) is 5.69 Å². The van der Waals surface area contributed by atoms with Crippen LogP contribution in [0.1, 0.15) is 28.8 Å². The van der Waals surface area contributed by atoms with Crippen molar-refractivity contribution in [2.45, 2.75) is 25.3 Å². The van der Waals surface area contributed by atoms with E-state index in [2.05, 4.69) is 5.32 Å². The van der Waals surface area contributed by atoms with Crippen molar-refractivity contribution in [1.29, 1.82) is 0 Å². The van der Waals surface area contributed by atoms with Gasteiger partial charge in [0, 0.05) is 24.2 Å². The molecule has 1 aromatic rings. The number of carbonyl (C=O) groups excluding carboxylic acids is 4. The molecule has 0 radical (unpaired) electrons. The second-order valence-corrected chi connectivity index (χ2v) is 6.45. The van der Waals surface area contributed by atoms with Gasteiger partial charge in [-0.2, -0.15) is 0 Å². The summed E-state index contributed by atoms with van der Waals surface area (Å²) in [7, 11) is 0. The molecule has 7 nitrogen and oxygen atoms in total. The fourth-order valence-electron chi connectivity index (χ4n) is 3.53. The average Bonchev–Trinajstić information content (AvgIpc) is 2.53. The first-order valence-corrected chi connectivity index (χ1v) is 8.07. The summed E-state index contributed by atoms with van der Waals surface area (Å²) in [5, 5.41) is 2.30. The number of ketones is 1. The van der Waals surface area contributed by atoms with Gasteiger partial charge in [0.25, 0.3) is 5.91 Å². The third-order valence-electron chi connectivity index (χ3n) is 4.89. The molecular formula is C17H17N3O4. The lowest BCUT2D eigenvalue weighted by Gasteiger charge is -2.37. The molecule has 1 atom stereocenters. The van der Waals surface area contributed by atoms with Crippen molar-refractivity contribution in [2.24, 2.45) is 0 Å². The molecule has 1 aromatic carbocycles. The van der Waals surface area contributed by atoms with Crippen LogP contribution in [0, 0.1) is 0 Å². The molecule has 3 amide bonds. The van der Waals surface area contributed by atoms with Gasteiger partial charge in [0.05, 0.1) is 13.1 Å². The monoisotopic (exact) mass is 327 g/mol. The fourth-order valence-corrected chi connectivity index (χ4v) is 3.53. The highest BCUT2D eigenvalue weighted by atomic mass is 16.2. The molecule has 1 N–H and O–H groups in total. The van der Waals surface area contributed by atoms with Gasteiger partial charge >= 0.3 is 0 Å². The molecule has 7 heteroatoms. The summed E-state index contributed by atoms with van der Waals surface area (Å²) in [4.78, 5) is 50.7. The van der Waals surface area contributed by atoms with Crippen LogP contribution in [-0.4, -0.2) is 54.1 Å². The summed E-state index contributed by atoms with van der Waals surface area (Å²) in [5.41, 5.74) is 2.50. The molecular weight excluding hydrogens is 310 g/mol. The fraction of sp³-hybridized carbons (Fsp3) is 0.412. The Kier molecular flexibility index (Phi) is 3.37. The molecule has 4 rings (SSSR count). The van der Waals surface area contributed by atoms with Crippen molar-refractivity contribution < 1.29 is 19.2 Å². The molecule has 0 aromatic heterocycles. The molecule has 1 unspecified atom stereocenters. The van der Waals surface area contributed by atoms with E-state index in [0.29, 0.717) is 38.0 Å². The topological polar surface area (TPSA) is 86.8 Å². The number of anilines is 1. The Bertz CT molecular complexity index is 765.